The van der Waals surface area contributed by atoms with Gasteiger partial charge in [-0.3, -0.25) is 19.7 Å². The molecule has 10 nitrogen and oxygen atoms in total. The molecule has 2 amide bonds. The van der Waals surface area contributed by atoms with Crippen molar-refractivity contribution in [1.82, 2.24) is 5.32 Å². The SMILES string of the molecule is COc1cc(C2NC(CCCCN)(C(=O)O)C3C(=O)N(c4ccccc4)C(=O)C23)cc(OC)c1O. The zero-order valence-electron chi connectivity index (χ0n) is 19.6. The number of phenolic OH excluding ortho intramolecular Hbond substituents is 1. The van der Waals surface area contributed by atoms with Gasteiger partial charge in [0.2, 0.25) is 17.6 Å². The molecule has 2 heterocycles. The maximum Gasteiger partial charge on any atom is 0.324 e. The lowest BCUT2D eigenvalue weighted by Gasteiger charge is -2.31. The molecule has 186 valence electrons. The van der Waals surface area contributed by atoms with Gasteiger partial charge in [-0.25, -0.2) is 4.90 Å². The second kappa shape index (κ2) is 9.55. The number of amides is 2. The van der Waals surface area contributed by atoms with Gasteiger partial charge in [0.1, 0.15) is 5.54 Å². The topological polar surface area (TPSA) is 151 Å². The predicted octanol–water partition coefficient (Wildman–Crippen LogP) is 1.81. The van der Waals surface area contributed by atoms with E-state index in [-0.39, 0.29) is 23.7 Å². The average molecular weight is 484 g/mol. The molecular formula is C25H29N3O7. The van der Waals surface area contributed by atoms with Crippen LogP contribution in [0, 0.1) is 11.8 Å². The molecule has 35 heavy (non-hydrogen) atoms. The first-order valence-electron chi connectivity index (χ1n) is 11.4. The number of para-hydroxylation sites is 1. The number of carbonyl (C=O) groups excluding carboxylic acids is 2. The van der Waals surface area contributed by atoms with Crippen LogP contribution in [0.2, 0.25) is 0 Å². The second-order valence-electron chi connectivity index (χ2n) is 8.77. The first-order valence-corrected chi connectivity index (χ1v) is 11.4. The number of benzene rings is 2. The van der Waals surface area contributed by atoms with E-state index in [4.69, 9.17) is 15.2 Å². The number of nitrogens with two attached hydrogens (primary N) is 1. The van der Waals surface area contributed by atoms with Crippen LogP contribution >= 0.6 is 0 Å². The number of aliphatic carboxylic acids is 1. The molecule has 2 aromatic carbocycles. The van der Waals surface area contributed by atoms with Crippen molar-refractivity contribution in [1.29, 1.82) is 0 Å². The highest BCUT2D eigenvalue weighted by molar-refractivity contribution is 6.24. The van der Waals surface area contributed by atoms with Crippen LogP contribution in [0.3, 0.4) is 0 Å². The molecule has 0 aromatic heterocycles. The Balaban J connectivity index is 1.87. The molecular weight excluding hydrogens is 454 g/mol. The van der Waals surface area contributed by atoms with Crippen molar-refractivity contribution >= 4 is 23.5 Å². The number of aromatic hydroxyl groups is 1. The molecule has 4 atom stereocenters. The monoisotopic (exact) mass is 483 g/mol. The fourth-order valence-electron chi connectivity index (χ4n) is 5.30. The molecule has 5 N–H and O–H groups in total. The summed E-state index contributed by atoms with van der Waals surface area (Å²) in [7, 11) is 2.75. The van der Waals surface area contributed by atoms with Crippen molar-refractivity contribution in [3.63, 3.8) is 0 Å². The number of carbonyl (C=O) groups is 3. The number of hydrogen-bond acceptors (Lipinski definition) is 8. The first-order chi connectivity index (χ1) is 16.8. The summed E-state index contributed by atoms with van der Waals surface area (Å²) in [5.41, 5.74) is 4.80. The van der Waals surface area contributed by atoms with Crippen LogP contribution in [0.5, 0.6) is 17.2 Å². The van der Waals surface area contributed by atoms with Crippen LogP contribution in [0.4, 0.5) is 5.69 Å². The Labute approximate surface area is 202 Å². The van der Waals surface area contributed by atoms with Crippen LogP contribution in [0.15, 0.2) is 42.5 Å². The summed E-state index contributed by atoms with van der Waals surface area (Å²) in [5.74, 6) is -4.40. The summed E-state index contributed by atoms with van der Waals surface area (Å²) in [4.78, 5) is 41.3. The lowest BCUT2D eigenvalue weighted by molar-refractivity contribution is -0.149. The van der Waals surface area contributed by atoms with Crippen LogP contribution in [0.1, 0.15) is 30.9 Å². The minimum atomic E-state index is -1.68. The molecule has 0 radical (unpaired) electrons. The summed E-state index contributed by atoms with van der Waals surface area (Å²) in [6.45, 7) is 0.378. The minimum absolute atomic E-state index is 0.102. The average Bonchev–Trinajstić information content (AvgIpc) is 3.34. The zero-order chi connectivity index (χ0) is 25.3. The van der Waals surface area contributed by atoms with Crippen molar-refractivity contribution in [2.45, 2.75) is 30.8 Å². The third-order valence-electron chi connectivity index (χ3n) is 6.94. The van der Waals surface area contributed by atoms with Crippen molar-refractivity contribution in [3.05, 3.63) is 48.0 Å². The quantitative estimate of drug-likeness (QED) is 0.309. The molecule has 2 aliphatic heterocycles. The van der Waals surface area contributed by atoms with Gasteiger partial charge in [0.25, 0.3) is 0 Å². The number of nitrogens with zero attached hydrogens (tertiary/aromatic N) is 1. The molecule has 2 fully saturated rings. The predicted molar refractivity (Wildman–Crippen MR) is 126 cm³/mol. The number of anilines is 1. The number of imide groups is 1. The van der Waals surface area contributed by atoms with Crippen molar-refractivity contribution < 1.29 is 34.1 Å². The Morgan fingerprint density at radius 1 is 1.09 bits per heavy atom. The Hall–Kier alpha value is -3.63. The highest BCUT2D eigenvalue weighted by Crippen LogP contribution is 2.53. The number of unbranched alkanes of at least 4 members (excludes halogenated alkanes) is 1. The van der Waals surface area contributed by atoms with E-state index in [1.165, 1.54) is 26.4 Å². The maximum atomic E-state index is 13.7. The van der Waals surface area contributed by atoms with Gasteiger partial charge in [0.05, 0.1) is 31.7 Å². The van der Waals surface area contributed by atoms with E-state index < -0.39 is 41.2 Å². The first kappa shape index (κ1) is 24.5. The van der Waals surface area contributed by atoms with Gasteiger partial charge in [-0.05, 0) is 55.6 Å². The Bertz CT molecular complexity index is 1110. The Morgan fingerprint density at radius 2 is 1.71 bits per heavy atom. The van der Waals surface area contributed by atoms with Crippen LogP contribution in [-0.2, 0) is 14.4 Å². The van der Waals surface area contributed by atoms with E-state index in [0.29, 0.717) is 30.6 Å². The van der Waals surface area contributed by atoms with Gasteiger partial charge in [-0.15, -0.1) is 0 Å². The van der Waals surface area contributed by atoms with Crippen LogP contribution < -0.4 is 25.4 Å². The number of rotatable bonds is 9. The molecule has 4 rings (SSSR count). The largest absolute Gasteiger partial charge is 0.502 e. The molecule has 0 aliphatic carbocycles. The van der Waals surface area contributed by atoms with Gasteiger partial charge >= 0.3 is 5.97 Å². The van der Waals surface area contributed by atoms with E-state index in [0.717, 1.165) is 4.90 Å². The number of fused-ring (bicyclic) bond motifs is 1. The Kier molecular flexibility index (Phi) is 6.68. The number of hydrogen-bond donors (Lipinski definition) is 4. The summed E-state index contributed by atoms with van der Waals surface area (Å²) >= 11 is 0. The van der Waals surface area contributed by atoms with Gasteiger partial charge in [0.15, 0.2) is 11.5 Å². The van der Waals surface area contributed by atoms with Crippen molar-refractivity contribution in [2.24, 2.45) is 17.6 Å². The molecule has 10 heteroatoms. The van der Waals surface area contributed by atoms with Crippen LogP contribution in [0.25, 0.3) is 0 Å². The fourth-order valence-corrected chi connectivity index (χ4v) is 5.30. The number of methoxy groups -OCH3 is 2. The third-order valence-corrected chi connectivity index (χ3v) is 6.94. The molecule has 2 aromatic rings. The number of nitrogens with one attached hydrogen (secondary N) is 1. The maximum absolute atomic E-state index is 13.7. The molecule has 4 unspecified atom stereocenters. The summed E-state index contributed by atoms with van der Waals surface area (Å²) in [6.07, 6.45) is 1.15. The smallest absolute Gasteiger partial charge is 0.324 e. The van der Waals surface area contributed by atoms with Gasteiger partial charge < -0.3 is 25.4 Å². The van der Waals surface area contributed by atoms with Crippen molar-refractivity contribution in [2.75, 3.05) is 25.7 Å². The zero-order valence-corrected chi connectivity index (χ0v) is 19.6. The van der Waals surface area contributed by atoms with Crippen molar-refractivity contribution in [3.8, 4) is 17.2 Å². The second-order valence-corrected chi connectivity index (χ2v) is 8.77. The molecule has 2 saturated heterocycles. The minimum Gasteiger partial charge on any atom is -0.502 e. The number of carboxylic acid groups (broad SMARTS) is 1. The summed E-state index contributed by atoms with van der Waals surface area (Å²) in [6, 6.07) is 10.7. The lowest BCUT2D eigenvalue weighted by Crippen LogP contribution is -2.55. The molecule has 0 spiro atoms. The standard InChI is InChI=1S/C25H29N3O7/c1-34-16-12-14(13-17(35-2)21(16)29)20-18-19(25(27-20,24(32)33)10-6-7-11-26)23(31)28(22(18)30)15-8-4-3-5-9-15/h3-5,8-9,12-13,18-20,27,29H,6-7,10-11,26H2,1-2H3,(H,32,33). The van der Waals surface area contributed by atoms with E-state index in [1.54, 1.807) is 30.3 Å². The number of ether oxygens (including phenoxy) is 2. The van der Waals surface area contributed by atoms with E-state index in [2.05, 4.69) is 5.32 Å². The molecule has 2 aliphatic rings. The van der Waals surface area contributed by atoms with Gasteiger partial charge in [0, 0.05) is 6.04 Å². The van der Waals surface area contributed by atoms with E-state index >= 15 is 0 Å². The highest BCUT2D eigenvalue weighted by atomic mass is 16.5. The van der Waals surface area contributed by atoms with E-state index in [9.17, 15) is 24.6 Å². The Morgan fingerprint density at radius 3 is 2.26 bits per heavy atom. The fraction of sp³-hybridized carbons (Fsp3) is 0.400. The van der Waals surface area contributed by atoms with E-state index in [1.807, 2.05) is 0 Å². The summed E-state index contributed by atoms with van der Waals surface area (Å²) in [5, 5.41) is 23.9. The lowest BCUT2D eigenvalue weighted by atomic mass is 9.76. The normalized spacial score (nSPS) is 25.6. The van der Waals surface area contributed by atoms with Gasteiger partial charge in [-0.1, -0.05) is 18.2 Å². The van der Waals surface area contributed by atoms with Crippen LogP contribution in [-0.4, -0.2) is 54.3 Å². The number of carboxylic acids is 1. The number of phenols is 1. The molecule has 0 bridgehead atoms. The molecule has 0 saturated carbocycles. The summed E-state index contributed by atoms with van der Waals surface area (Å²) < 4.78 is 10.5. The third kappa shape index (κ3) is 3.88. The van der Waals surface area contributed by atoms with Gasteiger partial charge in [-0.2, -0.15) is 0 Å². The highest BCUT2D eigenvalue weighted by Gasteiger charge is 2.68.